The van der Waals surface area contributed by atoms with Gasteiger partial charge in [-0.2, -0.15) is 5.26 Å². The van der Waals surface area contributed by atoms with E-state index in [4.69, 9.17) is 37.6 Å². The quantitative estimate of drug-likeness (QED) is 0.161. The molecule has 0 saturated carbocycles. The first kappa shape index (κ1) is 35.4. The number of hydrogen-bond donors (Lipinski definition) is 0. The maximum Gasteiger partial charge on any atom is 0.410 e. The van der Waals surface area contributed by atoms with Crippen molar-refractivity contribution in [2.75, 3.05) is 20.1 Å². The predicted molar refractivity (Wildman–Crippen MR) is 200 cm³/mol. The number of hydrogen-bond acceptors (Lipinski definition) is 7. The van der Waals surface area contributed by atoms with E-state index in [1.165, 1.54) is 0 Å². The number of aromatic nitrogens is 3. The van der Waals surface area contributed by atoms with E-state index in [2.05, 4.69) is 22.9 Å². The third kappa shape index (κ3) is 6.37. The molecule has 1 amide bonds. The van der Waals surface area contributed by atoms with Crippen LogP contribution in [0, 0.1) is 23.7 Å². The Morgan fingerprint density at radius 2 is 1.96 bits per heavy atom. The van der Waals surface area contributed by atoms with Gasteiger partial charge in [0.25, 0.3) is 0 Å². The summed E-state index contributed by atoms with van der Waals surface area (Å²) in [6.45, 7) is 16.6. The number of carbonyl (C=O) groups excluding carboxylic acids is 1. The lowest BCUT2D eigenvalue weighted by Gasteiger charge is -2.39. The first-order valence-corrected chi connectivity index (χ1v) is 18.1. The van der Waals surface area contributed by atoms with Gasteiger partial charge in [-0.3, -0.25) is 4.90 Å². The number of benzene rings is 3. The van der Waals surface area contributed by atoms with E-state index >= 15 is 4.39 Å². The average molecular weight is 722 g/mol. The summed E-state index contributed by atoms with van der Waals surface area (Å²) in [5.74, 6) is -0.400. The highest BCUT2D eigenvalue weighted by atomic mass is 35.5. The number of amides is 1. The minimum Gasteiger partial charge on any atom is -0.471 e. The molecule has 52 heavy (non-hydrogen) atoms. The minimum atomic E-state index is -0.676. The number of likely N-dealkylation sites (N-methyl/N-ethyl adjacent to an activating group) is 1. The van der Waals surface area contributed by atoms with Crippen molar-refractivity contribution in [2.24, 2.45) is 0 Å². The van der Waals surface area contributed by atoms with Gasteiger partial charge < -0.3 is 18.9 Å². The number of nitrogens with zero attached hydrogens (tertiary/aromatic N) is 7. The Kier molecular flexibility index (Phi) is 9.45. The molecule has 10 nitrogen and oxygen atoms in total. The number of carbonyl (C=O) groups is 1. The molecule has 4 heterocycles. The Hall–Kier alpha value is -4.97. The highest BCUT2D eigenvalue weighted by Crippen LogP contribution is 2.45. The van der Waals surface area contributed by atoms with Crippen LogP contribution in [-0.2, 0) is 4.74 Å². The van der Waals surface area contributed by atoms with E-state index in [0.29, 0.717) is 52.4 Å². The molecule has 0 unspecified atom stereocenters. The van der Waals surface area contributed by atoms with Gasteiger partial charge in [-0.1, -0.05) is 48.0 Å². The van der Waals surface area contributed by atoms with Crippen LogP contribution in [0.25, 0.3) is 48.7 Å². The summed E-state index contributed by atoms with van der Waals surface area (Å²) in [5.41, 5.74) is 1.55. The number of nitriles is 1. The van der Waals surface area contributed by atoms with Crippen molar-refractivity contribution in [3.8, 4) is 23.1 Å². The van der Waals surface area contributed by atoms with Crippen LogP contribution in [0.5, 0.6) is 5.88 Å². The summed E-state index contributed by atoms with van der Waals surface area (Å²) in [5, 5.41) is 11.8. The van der Waals surface area contributed by atoms with E-state index in [1.54, 1.807) is 29.4 Å². The minimum absolute atomic E-state index is 0.0766. The SMILES string of the molecule is [C-]#[N+]c1cccc2cccc(-c3c(Cl)cc4c(nc(O[C@@H](C)[C@@H]5CCCN5C)c5ncn([C@H]6CCN(C(=O)OC(C)(C)C)[C@H](CC#N)C6)c54)c3F)c12. The van der Waals surface area contributed by atoms with Crippen LogP contribution >= 0.6 is 11.6 Å². The summed E-state index contributed by atoms with van der Waals surface area (Å²) < 4.78 is 31.6. The van der Waals surface area contributed by atoms with Crippen molar-refractivity contribution >= 4 is 56.1 Å². The standard InChI is InChI=1S/C40H41ClFN7O3/c1-23(31-14-9-18-47(31)6)51-38-36-37(49(22-45-36)26-16-19-48(25(20-26)15-17-43)39(50)52-40(2,3)4)28-21-29(41)33(34(42)35(28)46-38)27-12-7-10-24-11-8-13-30(44-5)32(24)27/h7-8,10-13,21-23,25-26,31H,9,14-16,18-20H2,1-4,6H3/t23-,25+,26-,31-/m0/s1. The van der Waals surface area contributed by atoms with Gasteiger partial charge in [-0.25, -0.2) is 24.0 Å². The smallest absolute Gasteiger partial charge is 0.410 e. The molecule has 2 aliphatic heterocycles. The van der Waals surface area contributed by atoms with Gasteiger partial charge >= 0.3 is 6.09 Å². The molecule has 268 valence electrons. The molecule has 0 N–H and O–H groups in total. The molecule has 4 atom stereocenters. The highest BCUT2D eigenvalue weighted by Gasteiger charge is 2.36. The summed E-state index contributed by atoms with van der Waals surface area (Å²) in [7, 11) is 2.08. The fourth-order valence-electron chi connectivity index (χ4n) is 7.99. The van der Waals surface area contributed by atoms with Crippen LogP contribution in [0.1, 0.15) is 65.8 Å². The average Bonchev–Trinajstić information content (AvgIpc) is 3.75. The van der Waals surface area contributed by atoms with Crippen LogP contribution in [0.4, 0.5) is 14.9 Å². The van der Waals surface area contributed by atoms with Gasteiger partial charge in [0.1, 0.15) is 17.2 Å². The molecular weight excluding hydrogens is 681 g/mol. The summed E-state index contributed by atoms with van der Waals surface area (Å²) >= 11 is 7.04. The van der Waals surface area contributed by atoms with Crippen LogP contribution < -0.4 is 4.74 Å². The summed E-state index contributed by atoms with van der Waals surface area (Å²) in [4.78, 5) is 30.5. The van der Waals surface area contributed by atoms with Crippen molar-refractivity contribution in [2.45, 2.75) is 89.6 Å². The van der Waals surface area contributed by atoms with Crippen molar-refractivity contribution in [1.82, 2.24) is 24.3 Å². The first-order valence-electron chi connectivity index (χ1n) is 17.7. The monoisotopic (exact) mass is 721 g/mol. The molecule has 3 aromatic carbocycles. The van der Waals surface area contributed by atoms with Crippen LogP contribution in [0.2, 0.25) is 5.02 Å². The second-order valence-corrected chi connectivity index (χ2v) is 15.3. The summed E-state index contributed by atoms with van der Waals surface area (Å²) in [6, 6.07) is 14.5. The van der Waals surface area contributed by atoms with E-state index in [1.807, 2.05) is 56.5 Å². The summed E-state index contributed by atoms with van der Waals surface area (Å²) in [6.07, 6.45) is 4.19. The second-order valence-electron chi connectivity index (χ2n) is 14.9. The Morgan fingerprint density at radius 1 is 1.19 bits per heavy atom. The molecule has 0 radical (unpaired) electrons. The Labute approximate surface area is 307 Å². The third-order valence-electron chi connectivity index (χ3n) is 10.4. The van der Waals surface area contributed by atoms with Crippen molar-refractivity contribution in [3.05, 3.63) is 71.0 Å². The predicted octanol–water partition coefficient (Wildman–Crippen LogP) is 9.46. The lowest BCUT2D eigenvalue weighted by atomic mass is 9.94. The molecule has 0 bridgehead atoms. The van der Waals surface area contributed by atoms with Gasteiger partial charge in [0, 0.05) is 35.6 Å². The van der Waals surface area contributed by atoms with Crippen molar-refractivity contribution in [3.63, 3.8) is 0 Å². The maximum absolute atomic E-state index is 17.3. The highest BCUT2D eigenvalue weighted by molar-refractivity contribution is 6.35. The number of piperidine rings is 1. The third-order valence-corrected chi connectivity index (χ3v) is 10.7. The Morgan fingerprint density at radius 3 is 2.65 bits per heavy atom. The van der Waals surface area contributed by atoms with Gasteiger partial charge in [-0.05, 0) is 89.4 Å². The van der Waals surface area contributed by atoms with Crippen LogP contribution in [0.3, 0.4) is 0 Å². The van der Waals surface area contributed by atoms with Crippen LogP contribution in [-0.4, -0.2) is 74.4 Å². The molecule has 7 rings (SSSR count). The molecule has 2 fully saturated rings. The normalized spacial score (nSPS) is 20.2. The van der Waals surface area contributed by atoms with Crippen molar-refractivity contribution < 1.29 is 18.7 Å². The van der Waals surface area contributed by atoms with Gasteiger partial charge in [0.15, 0.2) is 17.0 Å². The number of likely N-dealkylation sites (tertiary alicyclic amines) is 2. The van der Waals surface area contributed by atoms with E-state index in [-0.39, 0.29) is 46.6 Å². The van der Waals surface area contributed by atoms with Gasteiger partial charge in [0.05, 0.1) is 35.9 Å². The van der Waals surface area contributed by atoms with Crippen molar-refractivity contribution in [1.29, 1.82) is 5.26 Å². The van der Waals surface area contributed by atoms with E-state index in [0.717, 1.165) is 24.8 Å². The number of fused-ring (bicyclic) bond motifs is 4. The Balaban J connectivity index is 1.40. The number of ether oxygens (including phenoxy) is 2. The van der Waals surface area contributed by atoms with Gasteiger partial charge in [0.2, 0.25) is 5.88 Å². The molecule has 2 aromatic heterocycles. The molecule has 12 heteroatoms. The Bertz CT molecular complexity index is 2280. The van der Waals surface area contributed by atoms with E-state index < -0.39 is 23.6 Å². The van der Waals surface area contributed by atoms with Crippen LogP contribution in [0.15, 0.2) is 48.8 Å². The lowest BCUT2D eigenvalue weighted by Crippen LogP contribution is -2.48. The fraction of sp³-hybridized carbons (Fsp3) is 0.425. The second kappa shape index (κ2) is 13.9. The van der Waals surface area contributed by atoms with E-state index in [9.17, 15) is 10.1 Å². The zero-order valence-corrected chi connectivity index (χ0v) is 30.7. The molecule has 0 spiro atoms. The van der Waals surface area contributed by atoms with Gasteiger partial charge in [-0.15, -0.1) is 0 Å². The zero-order valence-electron chi connectivity index (χ0n) is 30.0. The fourth-order valence-corrected chi connectivity index (χ4v) is 8.29. The topological polar surface area (TPSA) is 101 Å². The number of imidazole rings is 1. The molecular formula is C40H41ClFN7O3. The first-order chi connectivity index (χ1) is 24.9. The maximum atomic E-state index is 17.3. The number of pyridine rings is 1. The lowest BCUT2D eigenvalue weighted by molar-refractivity contribution is 0.00618. The molecule has 2 aliphatic rings. The number of halogens is 2. The number of rotatable bonds is 6. The molecule has 2 saturated heterocycles. The molecule has 0 aliphatic carbocycles. The molecule has 5 aromatic rings. The zero-order chi connectivity index (χ0) is 36.9. The largest absolute Gasteiger partial charge is 0.471 e.